The number of fused-ring (bicyclic) bond motifs is 1. The number of hydrogen-bond acceptors (Lipinski definition) is 0. The van der Waals surface area contributed by atoms with Crippen LogP contribution >= 0.6 is 0 Å². The van der Waals surface area contributed by atoms with Crippen LogP contribution in [-0.4, -0.2) is 4.57 Å². The Morgan fingerprint density at radius 2 is 2.30 bits per heavy atom. The standard InChI is InChI=1S/C9H9N/c1-10-7-6-8-4-2-3-5-9(8)10/h2-7H,1H3/i1D3,2D,3D,4D,5D,6D,7D. The predicted molar refractivity (Wildman–Crippen MR) is 42.9 cm³/mol. The predicted octanol–water partition coefficient (Wildman–Crippen LogP) is 2.18. The highest BCUT2D eigenvalue weighted by Crippen LogP contribution is 2.12. The van der Waals surface area contributed by atoms with Gasteiger partial charge in [0.15, 0.2) is 0 Å². The summed E-state index contributed by atoms with van der Waals surface area (Å²) < 4.78 is 68.3. The van der Waals surface area contributed by atoms with Gasteiger partial charge >= 0.3 is 0 Å². The van der Waals surface area contributed by atoms with Crippen LogP contribution in [0.2, 0.25) is 0 Å². The van der Waals surface area contributed by atoms with Gasteiger partial charge in [-0.2, -0.15) is 0 Å². The Labute approximate surface area is 72.5 Å². The Morgan fingerprint density at radius 1 is 1.40 bits per heavy atom. The molecule has 0 saturated carbocycles. The van der Waals surface area contributed by atoms with Gasteiger partial charge in [0.2, 0.25) is 0 Å². The minimum atomic E-state index is -2.78. The van der Waals surface area contributed by atoms with E-state index in [0.717, 1.165) is 0 Å². The highest BCUT2D eigenvalue weighted by Gasteiger charge is 1.92. The molecular weight excluding hydrogens is 122 g/mol. The monoisotopic (exact) mass is 140 g/mol. The van der Waals surface area contributed by atoms with E-state index in [-0.39, 0.29) is 10.9 Å². The molecule has 0 spiro atoms. The van der Waals surface area contributed by atoms with Crippen LogP contribution in [0, 0.1) is 0 Å². The number of nitrogens with zero attached hydrogens (tertiary/aromatic N) is 1. The first-order valence-electron chi connectivity index (χ1n) is 7.17. The molecule has 1 nitrogen and oxygen atoms in total. The molecule has 0 amide bonds. The molecule has 1 aromatic heterocycles. The maximum Gasteiger partial charge on any atom is 0.0818 e. The maximum absolute atomic E-state index is 7.73. The first kappa shape index (κ1) is 1.50. The number of aromatic nitrogens is 1. The maximum atomic E-state index is 7.73. The van der Waals surface area contributed by atoms with Gasteiger partial charge in [-0.05, 0) is 17.5 Å². The highest BCUT2D eigenvalue weighted by atomic mass is 14.9. The summed E-state index contributed by atoms with van der Waals surface area (Å²) in [5.74, 6) is 0. The van der Waals surface area contributed by atoms with Crippen LogP contribution in [0.4, 0.5) is 0 Å². The van der Waals surface area contributed by atoms with Gasteiger partial charge in [-0.15, -0.1) is 0 Å². The van der Waals surface area contributed by atoms with Crippen molar-refractivity contribution >= 4 is 10.9 Å². The summed E-state index contributed by atoms with van der Waals surface area (Å²) in [5, 5.41) is -0.243. The molecule has 0 aliphatic rings. The third-order valence-corrected chi connectivity index (χ3v) is 1.18. The van der Waals surface area contributed by atoms with E-state index < -0.39 is 43.4 Å². The van der Waals surface area contributed by atoms with Crippen molar-refractivity contribution in [1.82, 2.24) is 4.57 Å². The molecule has 2 rings (SSSR count). The number of para-hydroxylation sites is 1. The van der Waals surface area contributed by atoms with E-state index in [1.165, 1.54) is 0 Å². The molecule has 0 fully saturated rings. The summed E-state index contributed by atoms with van der Waals surface area (Å²) in [6.07, 6.45) is -0.651. The van der Waals surface area contributed by atoms with Crippen molar-refractivity contribution < 1.29 is 12.3 Å². The van der Waals surface area contributed by atoms with Crippen molar-refractivity contribution in [1.29, 1.82) is 0 Å². The van der Waals surface area contributed by atoms with Crippen LogP contribution in [0.3, 0.4) is 0 Å². The largest absolute Gasteiger partial charge is 0.351 e. The fraction of sp³-hybridized carbons (Fsp3) is 0.111. The average Bonchev–Trinajstić information content (AvgIpc) is 2.57. The molecule has 1 heteroatoms. The van der Waals surface area contributed by atoms with E-state index >= 15 is 0 Å². The second-order valence-corrected chi connectivity index (χ2v) is 1.80. The van der Waals surface area contributed by atoms with Crippen LogP contribution in [0.15, 0.2) is 36.4 Å². The van der Waals surface area contributed by atoms with E-state index in [0.29, 0.717) is 4.57 Å². The van der Waals surface area contributed by atoms with Gasteiger partial charge in [0.05, 0.1) is 8.22 Å². The lowest BCUT2D eigenvalue weighted by Crippen LogP contribution is -1.81. The van der Waals surface area contributed by atoms with E-state index in [4.69, 9.17) is 12.3 Å². The fourth-order valence-corrected chi connectivity index (χ4v) is 0.732. The molecular formula is C9H9N. The lowest BCUT2D eigenvalue weighted by atomic mass is 10.2. The molecule has 1 heterocycles. The molecule has 0 aliphatic heterocycles. The first-order chi connectivity index (χ1) is 8.59. The summed E-state index contributed by atoms with van der Waals surface area (Å²) in [6, 6.07) is -2.70. The van der Waals surface area contributed by atoms with E-state index in [1.807, 2.05) is 0 Å². The van der Waals surface area contributed by atoms with Crippen molar-refractivity contribution in [2.24, 2.45) is 6.98 Å². The second kappa shape index (κ2) is 1.87. The van der Waals surface area contributed by atoms with Gasteiger partial charge in [-0.25, -0.2) is 0 Å². The Kier molecular flexibility index (Phi) is 0.281. The molecule has 0 aliphatic carbocycles. The Bertz CT molecular complexity index is 682. The molecule has 50 valence electrons. The van der Waals surface area contributed by atoms with Gasteiger partial charge in [-0.1, -0.05) is 18.1 Å². The summed E-state index contributed by atoms with van der Waals surface area (Å²) in [7, 11) is 0. The van der Waals surface area contributed by atoms with Gasteiger partial charge in [0.1, 0.15) is 0 Å². The molecule has 0 atom stereocenters. The fourth-order valence-electron chi connectivity index (χ4n) is 0.732. The molecule has 0 bridgehead atoms. The van der Waals surface area contributed by atoms with Gasteiger partial charge < -0.3 is 4.57 Å². The zero-order chi connectivity index (χ0) is 14.7. The molecule has 0 unspecified atom stereocenters. The summed E-state index contributed by atoms with van der Waals surface area (Å²) in [6.45, 7) is -2.78. The van der Waals surface area contributed by atoms with Crippen molar-refractivity contribution in [2.75, 3.05) is 0 Å². The molecule has 10 heavy (non-hydrogen) atoms. The molecule has 2 aromatic rings. The first-order valence-corrected chi connectivity index (χ1v) is 2.67. The Morgan fingerprint density at radius 3 is 3.20 bits per heavy atom. The zero-order valence-electron chi connectivity index (χ0n) is 13.9. The van der Waals surface area contributed by atoms with Crippen molar-refractivity contribution in [3.8, 4) is 0 Å². The summed E-state index contributed by atoms with van der Waals surface area (Å²) in [5.41, 5.74) is -0.332. The van der Waals surface area contributed by atoms with Crippen molar-refractivity contribution in [3.63, 3.8) is 0 Å². The van der Waals surface area contributed by atoms with E-state index in [9.17, 15) is 0 Å². The smallest absolute Gasteiger partial charge is 0.0818 e. The topological polar surface area (TPSA) is 4.93 Å². The summed E-state index contributed by atoms with van der Waals surface area (Å²) in [4.78, 5) is 0. The van der Waals surface area contributed by atoms with Crippen LogP contribution in [-0.2, 0) is 6.98 Å². The Balaban J connectivity index is 3.14. The third kappa shape index (κ3) is 0.637. The van der Waals surface area contributed by atoms with Crippen LogP contribution < -0.4 is 0 Å². The lowest BCUT2D eigenvalue weighted by molar-refractivity contribution is 0.969. The minimum absolute atomic E-state index is 0.243. The minimum Gasteiger partial charge on any atom is -0.351 e. The molecule has 0 radical (unpaired) electrons. The van der Waals surface area contributed by atoms with Gasteiger partial charge in [0, 0.05) is 22.8 Å². The number of rotatable bonds is 0. The van der Waals surface area contributed by atoms with Gasteiger partial charge in [0.25, 0.3) is 0 Å². The zero-order valence-corrected chi connectivity index (χ0v) is 4.95. The highest BCUT2D eigenvalue weighted by molar-refractivity contribution is 5.79. The van der Waals surface area contributed by atoms with E-state index in [1.54, 1.807) is 0 Å². The summed E-state index contributed by atoms with van der Waals surface area (Å²) >= 11 is 0. The Hall–Kier alpha value is -1.24. The quantitative estimate of drug-likeness (QED) is 0.528. The van der Waals surface area contributed by atoms with Crippen molar-refractivity contribution in [2.45, 2.75) is 0 Å². The average molecular weight is 140 g/mol. The second-order valence-electron chi connectivity index (χ2n) is 1.80. The van der Waals surface area contributed by atoms with Crippen LogP contribution in [0.1, 0.15) is 12.3 Å². The molecule has 1 aromatic carbocycles. The van der Waals surface area contributed by atoms with Crippen LogP contribution in [0.5, 0.6) is 0 Å². The van der Waals surface area contributed by atoms with E-state index in [2.05, 4.69) is 0 Å². The lowest BCUT2D eigenvalue weighted by Gasteiger charge is -1.92. The molecule has 0 N–H and O–H groups in total. The van der Waals surface area contributed by atoms with Gasteiger partial charge in [-0.3, -0.25) is 0 Å². The normalized spacial score (nSPS) is 24.6. The number of aryl methyl sites for hydroxylation is 1. The number of hydrogen-bond donors (Lipinski definition) is 0. The third-order valence-electron chi connectivity index (χ3n) is 1.18. The number of benzene rings is 1. The van der Waals surface area contributed by atoms with Crippen molar-refractivity contribution in [3.05, 3.63) is 36.4 Å². The van der Waals surface area contributed by atoms with Crippen LogP contribution in [0.25, 0.3) is 10.9 Å². The molecule has 0 saturated heterocycles. The SMILES string of the molecule is [2H]c1c([2H])c([2H])c2c(c1[2H])c([2H])c([2H])n2C([2H])([2H])[2H].